The van der Waals surface area contributed by atoms with Gasteiger partial charge in [0.15, 0.2) is 0 Å². The van der Waals surface area contributed by atoms with Crippen molar-refractivity contribution in [3.8, 4) is 0 Å². The normalized spacial score (nSPS) is 14.0. The molecule has 1 N–H and O–H groups in total. The summed E-state index contributed by atoms with van der Waals surface area (Å²) in [5, 5.41) is 12.9. The van der Waals surface area contributed by atoms with Crippen LogP contribution in [-0.4, -0.2) is 10.1 Å². The Labute approximate surface area is 132 Å². The van der Waals surface area contributed by atoms with Crippen LogP contribution in [0.1, 0.15) is 30.2 Å². The van der Waals surface area contributed by atoms with Crippen LogP contribution in [0.4, 0.5) is 0 Å². The highest BCUT2D eigenvalue weighted by molar-refractivity contribution is 9.10. The first-order chi connectivity index (χ1) is 10.1. The van der Waals surface area contributed by atoms with Crippen molar-refractivity contribution in [2.75, 3.05) is 0 Å². The quantitative estimate of drug-likeness (QED) is 0.739. The molecule has 0 saturated heterocycles. The maximum atomic E-state index is 10.6. The van der Waals surface area contributed by atoms with Crippen molar-refractivity contribution in [3.05, 3.63) is 76.5 Å². The van der Waals surface area contributed by atoms with E-state index in [4.69, 9.17) is 0 Å². The summed E-state index contributed by atoms with van der Waals surface area (Å²) in [4.78, 5) is 4.33. The topological polar surface area (TPSA) is 33.1 Å². The van der Waals surface area contributed by atoms with Gasteiger partial charge < -0.3 is 5.11 Å². The fourth-order valence-electron chi connectivity index (χ4n) is 2.51. The third-order valence-corrected chi connectivity index (χ3v) is 4.29. The van der Waals surface area contributed by atoms with E-state index >= 15 is 0 Å². The molecule has 1 heterocycles. The van der Waals surface area contributed by atoms with Crippen molar-refractivity contribution in [1.29, 1.82) is 0 Å². The molecule has 3 aromatic rings. The van der Waals surface area contributed by atoms with Gasteiger partial charge in [-0.05, 0) is 46.7 Å². The van der Waals surface area contributed by atoms with Crippen LogP contribution in [-0.2, 0) is 0 Å². The van der Waals surface area contributed by atoms with Gasteiger partial charge >= 0.3 is 0 Å². The number of aromatic nitrogens is 1. The van der Waals surface area contributed by atoms with Gasteiger partial charge in [-0.1, -0.05) is 47.1 Å². The van der Waals surface area contributed by atoms with Crippen LogP contribution >= 0.6 is 15.9 Å². The Bertz CT molecular complexity index is 758. The van der Waals surface area contributed by atoms with Crippen LogP contribution in [0.2, 0.25) is 0 Å². The van der Waals surface area contributed by atoms with Crippen LogP contribution in [0.3, 0.4) is 0 Å². The van der Waals surface area contributed by atoms with Crippen molar-refractivity contribution in [2.45, 2.75) is 18.9 Å². The fourth-order valence-corrected chi connectivity index (χ4v) is 2.89. The van der Waals surface area contributed by atoms with Gasteiger partial charge in [-0.3, -0.25) is 4.98 Å². The number of halogens is 1. The van der Waals surface area contributed by atoms with Crippen LogP contribution in [0, 0.1) is 0 Å². The third-order valence-electron chi connectivity index (χ3n) is 3.80. The minimum absolute atomic E-state index is 0.0425. The Balaban J connectivity index is 1.94. The SMILES string of the molecule is CC(c1ccccn1)C(O)c1ccc2cc(Br)ccc2c1. The van der Waals surface area contributed by atoms with Gasteiger partial charge in [0.25, 0.3) is 0 Å². The van der Waals surface area contributed by atoms with Crippen molar-refractivity contribution in [3.63, 3.8) is 0 Å². The molecule has 0 radical (unpaired) electrons. The summed E-state index contributed by atoms with van der Waals surface area (Å²) in [6, 6.07) is 18.0. The number of hydrogen-bond acceptors (Lipinski definition) is 2. The molecule has 2 aromatic carbocycles. The number of hydrogen-bond donors (Lipinski definition) is 1. The van der Waals surface area contributed by atoms with Gasteiger partial charge in [-0.2, -0.15) is 0 Å². The largest absolute Gasteiger partial charge is 0.388 e. The summed E-state index contributed by atoms with van der Waals surface area (Å²) >= 11 is 3.48. The molecule has 1 aromatic heterocycles. The van der Waals surface area contributed by atoms with E-state index in [1.165, 1.54) is 0 Å². The summed E-state index contributed by atoms with van der Waals surface area (Å²) < 4.78 is 1.06. The Morgan fingerprint density at radius 3 is 2.52 bits per heavy atom. The standard InChI is InChI=1S/C18H16BrNO/c1-12(17-4-2-3-9-20-17)18(21)15-6-5-14-11-16(19)8-7-13(14)10-15/h2-12,18,21H,1H3. The minimum atomic E-state index is -0.562. The maximum Gasteiger partial charge on any atom is 0.0871 e. The number of rotatable bonds is 3. The lowest BCUT2D eigenvalue weighted by molar-refractivity contribution is 0.150. The molecule has 0 aliphatic carbocycles. The first-order valence-electron chi connectivity index (χ1n) is 6.93. The molecule has 106 valence electrons. The Morgan fingerprint density at radius 1 is 1.00 bits per heavy atom. The molecule has 0 amide bonds. The zero-order valence-electron chi connectivity index (χ0n) is 11.7. The number of fused-ring (bicyclic) bond motifs is 1. The molecule has 21 heavy (non-hydrogen) atoms. The zero-order chi connectivity index (χ0) is 14.8. The Morgan fingerprint density at radius 2 is 1.76 bits per heavy atom. The van der Waals surface area contributed by atoms with E-state index in [-0.39, 0.29) is 5.92 Å². The Kier molecular flexibility index (Phi) is 4.04. The lowest BCUT2D eigenvalue weighted by Crippen LogP contribution is -2.09. The van der Waals surface area contributed by atoms with Gasteiger partial charge in [-0.25, -0.2) is 0 Å². The summed E-state index contributed by atoms with van der Waals surface area (Å²) in [5.74, 6) is -0.0425. The second-order valence-electron chi connectivity index (χ2n) is 5.24. The van der Waals surface area contributed by atoms with E-state index < -0.39 is 6.10 Å². The molecule has 0 spiro atoms. The summed E-state index contributed by atoms with van der Waals surface area (Å²) in [7, 11) is 0. The van der Waals surface area contributed by atoms with Crippen LogP contribution in [0.25, 0.3) is 10.8 Å². The monoisotopic (exact) mass is 341 g/mol. The summed E-state index contributed by atoms with van der Waals surface area (Å²) in [5.41, 5.74) is 1.82. The number of pyridine rings is 1. The second-order valence-corrected chi connectivity index (χ2v) is 6.15. The molecule has 2 atom stereocenters. The molecule has 0 saturated carbocycles. The van der Waals surface area contributed by atoms with Crippen molar-refractivity contribution >= 4 is 26.7 Å². The molecule has 3 heteroatoms. The number of aliphatic hydroxyl groups excluding tert-OH is 1. The second kappa shape index (κ2) is 5.96. The van der Waals surface area contributed by atoms with Crippen molar-refractivity contribution < 1.29 is 5.11 Å². The molecule has 0 fully saturated rings. The van der Waals surface area contributed by atoms with Crippen LogP contribution < -0.4 is 0 Å². The fraction of sp³-hybridized carbons (Fsp3) is 0.167. The van der Waals surface area contributed by atoms with E-state index in [2.05, 4.69) is 33.0 Å². The molecule has 3 rings (SSSR count). The average molecular weight is 342 g/mol. The van der Waals surface area contributed by atoms with Gasteiger partial charge in [0, 0.05) is 22.3 Å². The predicted octanol–water partition coefficient (Wildman–Crippen LogP) is 4.83. The van der Waals surface area contributed by atoms with Gasteiger partial charge in [-0.15, -0.1) is 0 Å². The van der Waals surface area contributed by atoms with E-state index in [0.717, 1.165) is 26.5 Å². The van der Waals surface area contributed by atoms with Gasteiger partial charge in [0.05, 0.1) is 6.10 Å². The van der Waals surface area contributed by atoms with Gasteiger partial charge in [0.2, 0.25) is 0 Å². The predicted molar refractivity (Wildman–Crippen MR) is 89.3 cm³/mol. The first kappa shape index (κ1) is 14.2. The minimum Gasteiger partial charge on any atom is -0.388 e. The molecule has 2 nitrogen and oxygen atoms in total. The summed E-state index contributed by atoms with van der Waals surface area (Å²) in [6.07, 6.45) is 1.20. The molecular formula is C18H16BrNO. The average Bonchev–Trinajstić information content (AvgIpc) is 2.53. The van der Waals surface area contributed by atoms with E-state index in [0.29, 0.717) is 0 Å². The molecular weight excluding hydrogens is 326 g/mol. The number of nitrogens with zero attached hydrogens (tertiary/aromatic N) is 1. The van der Waals surface area contributed by atoms with Crippen LogP contribution in [0.5, 0.6) is 0 Å². The number of benzene rings is 2. The highest BCUT2D eigenvalue weighted by Crippen LogP contribution is 2.31. The highest BCUT2D eigenvalue weighted by Gasteiger charge is 2.19. The van der Waals surface area contributed by atoms with E-state index in [9.17, 15) is 5.11 Å². The Hall–Kier alpha value is -1.71. The molecule has 2 unspecified atom stereocenters. The smallest absolute Gasteiger partial charge is 0.0871 e. The lowest BCUT2D eigenvalue weighted by atomic mass is 9.93. The molecule has 0 bridgehead atoms. The zero-order valence-corrected chi connectivity index (χ0v) is 13.3. The van der Waals surface area contributed by atoms with E-state index in [1.54, 1.807) is 6.20 Å². The van der Waals surface area contributed by atoms with Gasteiger partial charge in [0.1, 0.15) is 0 Å². The summed E-state index contributed by atoms with van der Waals surface area (Å²) in [6.45, 7) is 2.00. The first-order valence-corrected chi connectivity index (χ1v) is 7.72. The van der Waals surface area contributed by atoms with Crippen molar-refractivity contribution in [1.82, 2.24) is 4.98 Å². The third kappa shape index (κ3) is 2.99. The maximum absolute atomic E-state index is 10.6. The highest BCUT2D eigenvalue weighted by atomic mass is 79.9. The molecule has 0 aliphatic rings. The van der Waals surface area contributed by atoms with Crippen molar-refractivity contribution in [2.24, 2.45) is 0 Å². The molecule has 0 aliphatic heterocycles. The van der Waals surface area contributed by atoms with Crippen LogP contribution in [0.15, 0.2) is 65.3 Å². The number of aliphatic hydroxyl groups is 1. The lowest BCUT2D eigenvalue weighted by Gasteiger charge is -2.19. The van der Waals surface area contributed by atoms with E-state index in [1.807, 2.05) is 49.4 Å².